The van der Waals surface area contributed by atoms with Crippen molar-refractivity contribution >= 4 is 23.3 Å². The van der Waals surface area contributed by atoms with E-state index in [0.29, 0.717) is 18.7 Å². The van der Waals surface area contributed by atoms with Gasteiger partial charge in [-0.2, -0.15) is 0 Å². The maximum Gasteiger partial charge on any atom is 0.344 e. The molecule has 1 N–H and O–H groups in total. The van der Waals surface area contributed by atoms with Crippen LogP contribution in [0.2, 0.25) is 0 Å². The zero-order valence-corrected chi connectivity index (χ0v) is 15.6. The summed E-state index contributed by atoms with van der Waals surface area (Å²) in [6.07, 6.45) is 0.549. The van der Waals surface area contributed by atoms with Crippen LogP contribution in [0.5, 0.6) is 5.75 Å². The first kappa shape index (κ1) is 18.8. The van der Waals surface area contributed by atoms with Crippen molar-refractivity contribution in [3.05, 3.63) is 54.6 Å². The highest BCUT2D eigenvalue weighted by atomic mass is 16.6. The topological polar surface area (TPSA) is 67.9 Å². The molecule has 1 amide bonds. The third-order valence-corrected chi connectivity index (χ3v) is 4.31. The first-order valence-electron chi connectivity index (χ1n) is 9.00. The van der Waals surface area contributed by atoms with Crippen molar-refractivity contribution in [2.24, 2.45) is 0 Å². The van der Waals surface area contributed by atoms with Crippen molar-refractivity contribution in [1.82, 2.24) is 0 Å². The number of hydrogen-bond donors (Lipinski definition) is 1. The lowest BCUT2D eigenvalue weighted by Gasteiger charge is -2.39. The Bertz CT molecular complexity index is 805. The highest BCUT2D eigenvalue weighted by Gasteiger charge is 2.38. The highest BCUT2D eigenvalue weighted by Crippen LogP contribution is 2.34. The van der Waals surface area contributed by atoms with E-state index in [1.165, 1.54) is 0 Å². The number of nitrogens with zero attached hydrogens (tertiary/aromatic N) is 1. The third-order valence-electron chi connectivity index (χ3n) is 4.31. The molecule has 0 aliphatic carbocycles. The lowest BCUT2D eigenvalue weighted by atomic mass is 9.98. The Kier molecular flexibility index (Phi) is 5.64. The van der Waals surface area contributed by atoms with Gasteiger partial charge in [0.1, 0.15) is 11.3 Å². The van der Waals surface area contributed by atoms with Crippen molar-refractivity contribution < 1.29 is 19.1 Å². The molecule has 3 rings (SSSR count). The third kappa shape index (κ3) is 4.58. The molecule has 0 spiro atoms. The lowest BCUT2D eigenvalue weighted by molar-refractivity contribution is -0.146. The predicted molar refractivity (Wildman–Crippen MR) is 104 cm³/mol. The average Bonchev–Trinajstić information content (AvgIpc) is 2.66. The Labute approximate surface area is 159 Å². The van der Waals surface area contributed by atoms with Gasteiger partial charge in [-0.1, -0.05) is 30.3 Å². The average molecular weight is 368 g/mol. The number of carbonyl (C=O) groups is 2. The minimum atomic E-state index is -0.672. The van der Waals surface area contributed by atoms with Crippen molar-refractivity contribution in [3.8, 4) is 5.75 Å². The molecule has 142 valence electrons. The summed E-state index contributed by atoms with van der Waals surface area (Å²) >= 11 is 0. The smallest absolute Gasteiger partial charge is 0.344 e. The molecule has 0 saturated heterocycles. The number of rotatable bonds is 7. The summed E-state index contributed by atoms with van der Waals surface area (Å²) in [6.45, 7) is 4.30. The van der Waals surface area contributed by atoms with Crippen LogP contribution in [0, 0.1) is 0 Å². The van der Waals surface area contributed by atoms with Gasteiger partial charge in [0.15, 0.2) is 6.61 Å². The molecule has 0 unspecified atom stereocenters. The molecule has 0 atom stereocenters. The summed E-state index contributed by atoms with van der Waals surface area (Å²) in [5.41, 5.74) is 1.10. The standard InChI is InChI=1S/C21H24N2O4/c1-21(2)20(25)23(18-12-7-6-11-17(18)22-21)13-8-14-26-19(24)15-27-16-9-4-3-5-10-16/h3-7,9-12,22H,8,13-15H2,1-2H3. The molecule has 0 saturated carbocycles. The Morgan fingerprint density at radius 1 is 1.07 bits per heavy atom. The van der Waals surface area contributed by atoms with Crippen LogP contribution in [0.1, 0.15) is 20.3 Å². The number of para-hydroxylation sites is 3. The number of nitrogens with one attached hydrogen (secondary N) is 1. The first-order chi connectivity index (χ1) is 13.0. The van der Waals surface area contributed by atoms with Crippen molar-refractivity contribution in [1.29, 1.82) is 0 Å². The fourth-order valence-electron chi connectivity index (χ4n) is 2.98. The predicted octanol–water partition coefficient (Wildman–Crippen LogP) is 3.24. The van der Waals surface area contributed by atoms with Crippen molar-refractivity contribution in [3.63, 3.8) is 0 Å². The van der Waals surface area contributed by atoms with E-state index in [1.54, 1.807) is 17.0 Å². The van der Waals surface area contributed by atoms with Crippen LogP contribution in [-0.2, 0) is 14.3 Å². The van der Waals surface area contributed by atoms with E-state index >= 15 is 0 Å². The van der Waals surface area contributed by atoms with Gasteiger partial charge < -0.3 is 19.7 Å². The molecule has 2 aromatic rings. The zero-order chi connectivity index (χ0) is 19.3. The molecular formula is C21H24N2O4. The first-order valence-corrected chi connectivity index (χ1v) is 9.00. The zero-order valence-electron chi connectivity index (χ0n) is 15.6. The summed E-state index contributed by atoms with van der Waals surface area (Å²) < 4.78 is 10.6. The van der Waals surface area contributed by atoms with Gasteiger partial charge in [-0.15, -0.1) is 0 Å². The van der Waals surface area contributed by atoms with E-state index in [2.05, 4.69) is 5.32 Å². The van der Waals surface area contributed by atoms with E-state index in [0.717, 1.165) is 11.4 Å². The Hall–Kier alpha value is -3.02. The van der Waals surface area contributed by atoms with E-state index in [4.69, 9.17) is 9.47 Å². The molecule has 6 nitrogen and oxygen atoms in total. The van der Waals surface area contributed by atoms with Gasteiger partial charge >= 0.3 is 5.97 Å². The number of esters is 1. The molecule has 1 heterocycles. The van der Waals surface area contributed by atoms with E-state index in [9.17, 15) is 9.59 Å². The molecule has 0 fully saturated rings. The van der Waals surface area contributed by atoms with Gasteiger partial charge in [0.2, 0.25) is 0 Å². The minimum Gasteiger partial charge on any atom is -0.482 e. The maximum absolute atomic E-state index is 12.7. The van der Waals surface area contributed by atoms with Crippen LogP contribution in [-0.4, -0.2) is 37.2 Å². The Morgan fingerprint density at radius 3 is 2.56 bits per heavy atom. The van der Waals surface area contributed by atoms with E-state index < -0.39 is 11.5 Å². The number of fused-ring (bicyclic) bond motifs is 1. The molecule has 2 aromatic carbocycles. The quantitative estimate of drug-likeness (QED) is 0.600. The van der Waals surface area contributed by atoms with E-state index in [-0.39, 0.29) is 19.1 Å². The van der Waals surface area contributed by atoms with Crippen LogP contribution < -0.4 is 15.0 Å². The summed E-state index contributed by atoms with van der Waals surface area (Å²) in [5, 5.41) is 3.26. The van der Waals surface area contributed by atoms with Crippen molar-refractivity contribution in [2.75, 3.05) is 30.0 Å². The van der Waals surface area contributed by atoms with Gasteiger partial charge in [-0.05, 0) is 44.5 Å². The highest BCUT2D eigenvalue weighted by molar-refractivity contribution is 6.07. The summed E-state index contributed by atoms with van der Waals surface area (Å²) in [6, 6.07) is 16.8. The number of hydrogen-bond acceptors (Lipinski definition) is 5. The number of benzene rings is 2. The second-order valence-electron chi connectivity index (χ2n) is 6.90. The van der Waals surface area contributed by atoms with Crippen LogP contribution in [0.4, 0.5) is 11.4 Å². The van der Waals surface area contributed by atoms with E-state index in [1.807, 2.05) is 56.3 Å². The summed E-state index contributed by atoms with van der Waals surface area (Å²) in [4.78, 5) is 26.3. The maximum atomic E-state index is 12.7. The van der Waals surface area contributed by atoms with Gasteiger partial charge in [-0.25, -0.2) is 4.79 Å². The van der Waals surface area contributed by atoms with Gasteiger partial charge in [-0.3, -0.25) is 4.79 Å². The Morgan fingerprint density at radius 2 is 1.78 bits per heavy atom. The van der Waals surface area contributed by atoms with Crippen molar-refractivity contribution in [2.45, 2.75) is 25.8 Å². The number of amides is 1. The number of ether oxygens (including phenoxy) is 2. The van der Waals surface area contributed by atoms with Crippen LogP contribution in [0.15, 0.2) is 54.6 Å². The fourth-order valence-corrected chi connectivity index (χ4v) is 2.98. The van der Waals surface area contributed by atoms with Crippen LogP contribution in [0.25, 0.3) is 0 Å². The molecule has 1 aliphatic heterocycles. The molecule has 6 heteroatoms. The molecule has 27 heavy (non-hydrogen) atoms. The van der Waals surface area contributed by atoms with Gasteiger partial charge in [0, 0.05) is 6.54 Å². The molecular weight excluding hydrogens is 344 g/mol. The van der Waals surface area contributed by atoms with Crippen LogP contribution in [0.3, 0.4) is 0 Å². The molecule has 0 aromatic heterocycles. The SMILES string of the molecule is CC1(C)Nc2ccccc2N(CCCOC(=O)COc2ccccc2)C1=O. The molecule has 0 bridgehead atoms. The summed E-state index contributed by atoms with van der Waals surface area (Å²) in [5.74, 6) is 0.200. The second kappa shape index (κ2) is 8.12. The van der Waals surface area contributed by atoms with Gasteiger partial charge in [0.25, 0.3) is 5.91 Å². The molecule has 0 radical (unpaired) electrons. The summed E-state index contributed by atoms with van der Waals surface area (Å²) in [7, 11) is 0. The van der Waals surface area contributed by atoms with Gasteiger partial charge in [0.05, 0.1) is 18.0 Å². The number of carbonyl (C=O) groups excluding carboxylic acids is 2. The molecule has 1 aliphatic rings. The van der Waals surface area contributed by atoms with Crippen LogP contribution >= 0.6 is 0 Å². The normalized spacial score (nSPS) is 14.9. The lowest BCUT2D eigenvalue weighted by Crippen LogP contribution is -2.54. The number of anilines is 2. The minimum absolute atomic E-state index is 0.0000579. The second-order valence-corrected chi connectivity index (χ2v) is 6.90. The fraction of sp³-hybridized carbons (Fsp3) is 0.333. The monoisotopic (exact) mass is 368 g/mol. The Balaban J connectivity index is 1.48. The largest absolute Gasteiger partial charge is 0.482 e.